The Kier molecular flexibility index (Phi) is 11.0. The topological polar surface area (TPSA) is 39.9 Å². The smallest absolute Gasteiger partial charge is 0.142 e. The number of fused-ring (bicyclic) bond motifs is 3. The van der Waals surface area contributed by atoms with E-state index in [2.05, 4.69) is 128 Å². The fourth-order valence-electron chi connectivity index (χ4n) is 9.32. The number of ether oxygens (including phenoxy) is 1. The summed E-state index contributed by atoms with van der Waals surface area (Å²) in [6, 6.07) is 41.7. The number of pyridine rings is 2. The molecule has 2 saturated carbocycles. The number of hydrogen-bond donors (Lipinski definition) is 0. The van der Waals surface area contributed by atoms with Crippen molar-refractivity contribution in [1.29, 1.82) is 0 Å². The fraction of sp³-hybridized carbons (Fsp3) is 0.346. The Balaban J connectivity index is 0.00000484. The SMILES string of the molecule is [2H]C1(c2ccnc(-c3[c-]c(Oc4[c-]c5c(cc4)c4cc(-c6cc[c]([Ge]([CH3])([CH3])[CH3])cc6)ccc4n5-c4cc(C(C)(C)C)ccn4)ccc3)c2)CCC2(CCCCC2)CC1.[Pt+2]. The van der Waals surface area contributed by atoms with E-state index in [9.17, 15) is 1.37 Å². The average molecular weight is 1010 g/mol. The Hall–Kier alpha value is -3.99. The molecule has 0 amide bonds. The van der Waals surface area contributed by atoms with E-state index >= 15 is 0 Å². The number of hydrogen-bond acceptors (Lipinski definition) is 3. The van der Waals surface area contributed by atoms with E-state index in [0.717, 1.165) is 70.1 Å². The molecule has 0 radical (unpaired) electrons. The Bertz CT molecular complexity index is 2620. The van der Waals surface area contributed by atoms with Crippen LogP contribution in [-0.4, -0.2) is 27.8 Å². The summed E-state index contributed by atoms with van der Waals surface area (Å²) in [6.07, 6.45) is 14.7. The van der Waals surface area contributed by atoms with Gasteiger partial charge in [-0.3, -0.25) is 0 Å². The summed E-state index contributed by atoms with van der Waals surface area (Å²) in [5.41, 5.74) is 8.79. The third-order valence-corrected chi connectivity index (χ3v) is 17.2. The minimum atomic E-state index is -1.92. The molecule has 298 valence electrons. The van der Waals surface area contributed by atoms with Gasteiger partial charge >= 0.3 is 193 Å². The van der Waals surface area contributed by atoms with Gasteiger partial charge in [-0.2, -0.15) is 0 Å². The summed E-state index contributed by atoms with van der Waals surface area (Å²) in [7, 11) is 0. The molecule has 3 heterocycles. The first-order valence-electron chi connectivity index (χ1n) is 21.5. The average Bonchev–Trinajstić information content (AvgIpc) is 3.55. The van der Waals surface area contributed by atoms with Crippen molar-refractivity contribution in [3.63, 3.8) is 0 Å². The quantitative estimate of drug-likeness (QED) is 0.118. The molecule has 0 atom stereocenters. The third-order valence-electron chi connectivity index (χ3n) is 12.8. The molecule has 9 rings (SSSR count). The van der Waals surface area contributed by atoms with Crippen LogP contribution < -0.4 is 9.13 Å². The molecule has 4 nitrogen and oxygen atoms in total. The van der Waals surface area contributed by atoms with Crippen molar-refractivity contribution in [3.8, 4) is 39.7 Å². The van der Waals surface area contributed by atoms with Crippen LogP contribution in [0.5, 0.6) is 11.5 Å². The Morgan fingerprint density at radius 3 is 2.21 bits per heavy atom. The van der Waals surface area contributed by atoms with Crippen LogP contribution in [0.15, 0.2) is 109 Å². The van der Waals surface area contributed by atoms with Crippen LogP contribution >= 0.6 is 0 Å². The van der Waals surface area contributed by atoms with Gasteiger partial charge < -0.3 is 4.98 Å². The Morgan fingerprint density at radius 1 is 0.741 bits per heavy atom. The van der Waals surface area contributed by atoms with Crippen molar-refractivity contribution in [1.82, 2.24) is 14.5 Å². The monoisotopic (exact) mass is 1010 g/mol. The van der Waals surface area contributed by atoms with E-state index in [0.29, 0.717) is 16.9 Å². The minimum absolute atomic E-state index is 0. The molecule has 58 heavy (non-hydrogen) atoms. The van der Waals surface area contributed by atoms with E-state index in [4.69, 9.17) is 14.7 Å². The molecule has 0 unspecified atom stereocenters. The van der Waals surface area contributed by atoms with Crippen LogP contribution in [0, 0.1) is 17.5 Å². The Morgan fingerprint density at radius 2 is 1.47 bits per heavy atom. The molecule has 2 aliphatic carbocycles. The van der Waals surface area contributed by atoms with Crippen LogP contribution in [0.1, 0.15) is 97.0 Å². The van der Waals surface area contributed by atoms with Crippen molar-refractivity contribution < 1.29 is 27.2 Å². The molecule has 2 aliphatic rings. The van der Waals surface area contributed by atoms with Gasteiger partial charge in [-0.25, -0.2) is 0 Å². The molecule has 1 spiro atoms. The van der Waals surface area contributed by atoms with E-state index in [1.54, 1.807) is 0 Å². The molecule has 0 N–H and O–H groups in total. The number of rotatable bonds is 7. The van der Waals surface area contributed by atoms with E-state index < -0.39 is 19.2 Å². The van der Waals surface area contributed by atoms with Crippen LogP contribution in [-0.2, 0) is 26.5 Å². The molecule has 0 saturated heterocycles. The molecule has 4 aromatic carbocycles. The first-order chi connectivity index (χ1) is 27.8. The van der Waals surface area contributed by atoms with Gasteiger partial charge in [-0.1, -0.05) is 57.7 Å². The van der Waals surface area contributed by atoms with Crippen molar-refractivity contribution >= 4 is 39.5 Å². The second kappa shape index (κ2) is 16.2. The van der Waals surface area contributed by atoms with E-state index in [1.165, 1.54) is 53.2 Å². The predicted molar refractivity (Wildman–Crippen MR) is 240 cm³/mol. The molecule has 0 aliphatic heterocycles. The number of aromatic nitrogens is 3. The Labute approximate surface area is 363 Å². The third kappa shape index (κ3) is 8.26. The van der Waals surface area contributed by atoms with Crippen LogP contribution in [0.25, 0.3) is 50.0 Å². The zero-order valence-corrected chi connectivity index (χ0v) is 39.2. The molecule has 3 aromatic heterocycles. The fourth-order valence-corrected chi connectivity index (χ4v) is 11.8. The van der Waals surface area contributed by atoms with Crippen molar-refractivity contribution in [2.75, 3.05) is 0 Å². The van der Waals surface area contributed by atoms with Gasteiger partial charge in [0.25, 0.3) is 0 Å². The second-order valence-electron chi connectivity index (χ2n) is 18.8. The summed E-state index contributed by atoms with van der Waals surface area (Å²) >= 11 is -1.92. The number of nitrogens with zero attached hydrogens (tertiary/aromatic N) is 3. The van der Waals surface area contributed by atoms with Crippen LogP contribution in [0.3, 0.4) is 0 Å². The van der Waals surface area contributed by atoms with Crippen molar-refractivity contribution in [3.05, 3.63) is 133 Å². The van der Waals surface area contributed by atoms with Crippen LogP contribution in [0.2, 0.25) is 17.3 Å². The summed E-state index contributed by atoms with van der Waals surface area (Å²) in [5, 5.41) is 2.24. The molecule has 2 fully saturated rings. The molecular weight excluding hydrogens is 950 g/mol. The second-order valence-corrected chi connectivity index (χ2v) is 29.4. The van der Waals surface area contributed by atoms with Gasteiger partial charge in [0, 0.05) is 13.3 Å². The first kappa shape index (κ1) is 39.5. The van der Waals surface area contributed by atoms with Crippen molar-refractivity contribution in [2.45, 2.75) is 107 Å². The summed E-state index contributed by atoms with van der Waals surface area (Å²) in [6.45, 7) is 6.71. The largest absolute Gasteiger partial charge is 2.00 e. The van der Waals surface area contributed by atoms with Gasteiger partial charge in [0.1, 0.15) is 0 Å². The molecule has 6 heteroatoms. The summed E-state index contributed by atoms with van der Waals surface area (Å²) in [5.74, 6) is 8.80. The number of benzene rings is 4. The zero-order valence-electron chi connectivity index (χ0n) is 35.8. The first-order valence-corrected chi connectivity index (χ1v) is 28.4. The maximum absolute atomic E-state index is 9.55. The van der Waals surface area contributed by atoms with Crippen molar-refractivity contribution in [2.24, 2.45) is 5.41 Å². The molecular formula is C52H55GeN3OPt. The standard InChI is InChI=1S/C52H55GeN3O.Pt/c1-51(2,3)41-24-30-55-50(34-41)56-48-20-15-38(36-13-16-42(17-14-36)53(4,5)6)32-46(48)45-19-18-44(35-49(45)56)57-43-12-10-11-40(31-43)47-33-39(23-29-54-47)37-21-27-52(28-22-37)25-8-7-9-26-52;/h10-20,23-24,29-30,32-34,37H,7-9,21-22,25-28H2,1-6H3;/q-2;+2/i37D;. The maximum atomic E-state index is 9.55. The van der Waals surface area contributed by atoms with Gasteiger partial charge in [0.05, 0.1) is 0 Å². The van der Waals surface area contributed by atoms with Gasteiger partial charge in [-0.05, 0) is 73.1 Å². The van der Waals surface area contributed by atoms with Gasteiger partial charge in [-0.15, -0.1) is 23.8 Å². The maximum Gasteiger partial charge on any atom is 2.00 e. The normalized spacial score (nSPS) is 16.9. The van der Waals surface area contributed by atoms with Gasteiger partial charge in [0.2, 0.25) is 0 Å². The molecule has 0 bridgehead atoms. The van der Waals surface area contributed by atoms with Gasteiger partial charge in [0.15, 0.2) is 0 Å². The molecule has 7 aromatic rings. The van der Waals surface area contributed by atoms with Crippen LogP contribution in [0.4, 0.5) is 0 Å². The minimum Gasteiger partial charge on any atom is -0.142 e. The van der Waals surface area contributed by atoms with E-state index in [1.807, 2.05) is 36.7 Å². The summed E-state index contributed by atoms with van der Waals surface area (Å²) < 4.78 is 19.9. The summed E-state index contributed by atoms with van der Waals surface area (Å²) in [4.78, 5) is 9.68. The van der Waals surface area contributed by atoms with E-state index in [-0.39, 0.29) is 26.5 Å². The zero-order chi connectivity index (χ0) is 40.3. The predicted octanol–water partition coefficient (Wildman–Crippen LogP) is 13.7.